The summed E-state index contributed by atoms with van der Waals surface area (Å²) in [7, 11) is 0. The summed E-state index contributed by atoms with van der Waals surface area (Å²) >= 11 is 0. The van der Waals surface area contributed by atoms with E-state index >= 15 is 0 Å². The molecule has 0 N–H and O–H groups in total. The second-order valence-electron chi connectivity index (χ2n) is 12.4. The van der Waals surface area contributed by atoms with Crippen molar-refractivity contribution >= 4 is 32.7 Å². The molecule has 0 amide bonds. The SMILES string of the molecule is c1ccc(-n2c3ccccc3c3cc(-c4ccc(-c5ccc(-c6cc7c8c(cccc8n6)-c6ccccc6-7)cc5)cc4)ccc32)cc1. The van der Waals surface area contributed by atoms with Crippen LogP contribution in [-0.4, -0.2) is 9.55 Å². The highest BCUT2D eigenvalue weighted by atomic mass is 15.0. The summed E-state index contributed by atoms with van der Waals surface area (Å²) in [5.74, 6) is 0. The molecule has 0 bridgehead atoms. The number of hydrogen-bond donors (Lipinski definition) is 0. The Balaban J connectivity index is 0.979. The minimum atomic E-state index is 1.01. The average molecular weight is 597 g/mol. The Kier molecular flexibility index (Phi) is 5.61. The van der Waals surface area contributed by atoms with Gasteiger partial charge in [-0.05, 0) is 87.0 Å². The number of para-hydroxylation sites is 2. The van der Waals surface area contributed by atoms with Gasteiger partial charge in [-0.25, -0.2) is 4.98 Å². The van der Waals surface area contributed by atoms with Gasteiger partial charge in [-0.15, -0.1) is 0 Å². The molecule has 0 aliphatic heterocycles. The zero-order valence-electron chi connectivity index (χ0n) is 25.6. The molecule has 218 valence electrons. The maximum atomic E-state index is 5.10. The van der Waals surface area contributed by atoms with E-state index in [1.165, 1.54) is 77.4 Å². The van der Waals surface area contributed by atoms with Crippen LogP contribution in [0.25, 0.3) is 94.2 Å². The van der Waals surface area contributed by atoms with Crippen LogP contribution in [0, 0.1) is 0 Å². The summed E-state index contributed by atoms with van der Waals surface area (Å²) < 4.78 is 2.36. The molecule has 10 rings (SSSR count). The second kappa shape index (κ2) is 10.1. The van der Waals surface area contributed by atoms with E-state index in [1.807, 2.05) is 0 Å². The van der Waals surface area contributed by atoms with Crippen molar-refractivity contribution < 1.29 is 0 Å². The van der Waals surface area contributed by atoms with Gasteiger partial charge in [0.2, 0.25) is 0 Å². The van der Waals surface area contributed by atoms with Crippen LogP contribution in [0.1, 0.15) is 0 Å². The highest BCUT2D eigenvalue weighted by Crippen LogP contribution is 2.47. The second-order valence-corrected chi connectivity index (χ2v) is 12.4. The molecule has 2 nitrogen and oxygen atoms in total. The quantitative estimate of drug-likeness (QED) is 0.198. The Morgan fingerprint density at radius 1 is 0.362 bits per heavy atom. The van der Waals surface area contributed by atoms with E-state index in [-0.39, 0.29) is 0 Å². The first-order chi connectivity index (χ1) is 23.3. The number of aromatic nitrogens is 2. The van der Waals surface area contributed by atoms with E-state index in [0.29, 0.717) is 0 Å². The van der Waals surface area contributed by atoms with E-state index in [9.17, 15) is 0 Å². The summed E-state index contributed by atoms with van der Waals surface area (Å²) in [5, 5.41) is 3.79. The van der Waals surface area contributed by atoms with Gasteiger partial charge in [0, 0.05) is 27.4 Å². The third-order valence-corrected chi connectivity index (χ3v) is 9.76. The zero-order chi connectivity index (χ0) is 30.9. The highest BCUT2D eigenvalue weighted by Gasteiger charge is 2.22. The van der Waals surface area contributed by atoms with Crippen molar-refractivity contribution in [3.63, 3.8) is 0 Å². The number of nitrogens with zero attached hydrogens (tertiary/aromatic N) is 2. The lowest BCUT2D eigenvalue weighted by Crippen LogP contribution is -1.92. The summed E-state index contributed by atoms with van der Waals surface area (Å²) in [5.41, 5.74) is 16.8. The molecule has 0 radical (unpaired) electrons. The maximum absolute atomic E-state index is 5.10. The molecule has 9 aromatic rings. The summed E-state index contributed by atoms with van der Waals surface area (Å²) in [6.45, 7) is 0. The molecule has 2 aromatic heterocycles. The molecule has 0 atom stereocenters. The van der Waals surface area contributed by atoms with Crippen LogP contribution in [0.2, 0.25) is 0 Å². The molecule has 47 heavy (non-hydrogen) atoms. The smallest absolute Gasteiger partial charge is 0.0722 e. The van der Waals surface area contributed by atoms with Gasteiger partial charge in [0.05, 0.1) is 22.2 Å². The van der Waals surface area contributed by atoms with Crippen LogP contribution >= 0.6 is 0 Å². The minimum Gasteiger partial charge on any atom is -0.309 e. The monoisotopic (exact) mass is 596 g/mol. The predicted molar refractivity (Wildman–Crippen MR) is 197 cm³/mol. The molecule has 0 saturated carbocycles. The number of hydrogen-bond acceptors (Lipinski definition) is 1. The van der Waals surface area contributed by atoms with Crippen molar-refractivity contribution in [1.82, 2.24) is 9.55 Å². The van der Waals surface area contributed by atoms with Crippen molar-refractivity contribution in [2.45, 2.75) is 0 Å². The Labute approximate surface area is 272 Å². The molecule has 1 aliphatic rings. The Morgan fingerprint density at radius 3 is 1.70 bits per heavy atom. The summed E-state index contributed by atoms with van der Waals surface area (Å²) in [4.78, 5) is 5.10. The molecular formula is C45H28N2. The molecule has 7 aromatic carbocycles. The summed E-state index contributed by atoms with van der Waals surface area (Å²) in [6, 6.07) is 61.3. The van der Waals surface area contributed by atoms with E-state index in [2.05, 4.69) is 174 Å². The normalized spacial score (nSPS) is 11.8. The number of benzene rings is 7. The fourth-order valence-electron chi connectivity index (χ4n) is 7.52. The van der Waals surface area contributed by atoms with Gasteiger partial charge >= 0.3 is 0 Å². The Hall–Kier alpha value is -6.25. The van der Waals surface area contributed by atoms with Gasteiger partial charge in [0.25, 0.3) is 0 Å². The van der Waals surface area contributed by atoms with Crippen molar-refractivity contribution in [3.05, 3.63) is 170 Å². The molecule has 0 saturated heterocycles. The maximum Gasteiger partial charge on any atom is 0.0722 e. The first kappa shape index (κ1) is 26.0. The van der Waals surface area contributed by atoms with Crippen LogP contribution in [-0.2, 0) is 0 Å². The van der Waals surface area contributed by atoms with Gasteiger partial charge in [-0.3, -0.25) is 0 Å². The van der Waals surface area contributed by atoms with Crippen molar-refractivity contribution in [3.8, 4) is 61.5 Å². The topological polar surface area (TPSA) is 17.8 Å². The molecule has 1 aliphatic carbocycles. The standard InChI is InChI=1S/C45H28N2/c1-2-9-34(10-3-1)47-43-16-7-6-13-37(43)39-27-33(25-26-44(39)47)31-19-17-29(18-20-31)30-21-23-32(24-22-30)42-28-40-36-12-5-4-11-35(36)38-14-8-15-41(46-42)45(38)40/h1-28H. The molecule has 0 fully saturated rings. The molecule has 0 unspecified atom stereocenters. The fraction of sp³-hybridized carbons (Fsp3) is 0. The molecule has 2 heterocycles. The van der Waals surface area contributed by atoms with Gasteiger partial charge in [-0.2, -0.15) is 0 Å². The third kappa shape index (κ3) is 4.02. The van der Waals surface area contributed by atoms with Gasteiger partial charge in [0.1, 0.15) is 0 Å². The van der Waals surface area contributed by atoms with Crippen LogP contribution in [0.5, 0.6) is 0 Å². The molecular weight excluding hydrogens is 569 g/mol. The van der Waals surface area contributed by atoms with Crippen LogP contribution in [0.4, 0.5) is 0 Å². The first-order valence-electron chi connectivity index (χ1n) is 16.1. The predicted octanol–water partition coefficient (Wildman–Crippen LogP) is 12.0. The van der Waals surface area contributed by atoms with E-state index in [1.54, 1.807) is 0 Å². The molecule has 2 heteroatoms. The lowest BCUT2D eigenvalue weighted by Gasteiger charge is -2.09. The Morgan fingerprint density at radius 2 is 0.936 bits per heavy atom. The largest absolute Gasteiger partial charge is 0.309 e. The minimum absolute atomic E-state index is 1.01. The van der Waals surface area contributed by atoms with Crippen LogP contribution in [0.3, 0.4) is 0 Å². The first-order valence-corrected chi connectivity index (χ1v) is 16.1. The van der Waals surface area contributed by atoms with E-state index in [4.69, 9.17) is 4.98 Å². The average Bonchev–Trinajstić information content (AvgIpc) is 3.65. The fourth-order valence-corrected chi connectivity index (χ4v) is 7.52. The van der Waals surface area contributed by atoms with Crippen molar-refractivity contribution in [2.75, 3.05) is 0 Å². The van der Waals surface area contributed by atoms with Gasteiger partial charge in [-0.1, -0.05) is 127 Å². The van der Waals surface area contributed by atoms with E-state index in [0.717, 1.165) is 16.8 Å². The zero-order valence-corrected chi connectivity index (χ0v) is 25.6. The lowest BCUT2D eigenvalue weighted by molar-refractivity contribution is 1.18. The summed E-state index contributed by atoms with van der Waals surface area (Å²) in [6.07, 6.45) is 0. The van der Waals surface area contributed by atoms with Crippen LogP contribution in [0.15, 0.2) is 170 Å². The van der Waals surface area contributed by atoms with Gasteiger partial charge in [0.15, 0.2) is 0 Å². The van der Waals surface area contributed by atoms with Crippen LogP contribution < -0.4 is 0 Å². The van der Waals surface area contributed by atoms with Crippen molar-refractivity contribution in [1.29, 1.82) is 0 Å². The third-order valence-electron chi connectivity index (χ3n) is 9.76. The number of rotatable bonds is 4. The number of fused-ring (bicyclic) bond motifs is 6. The van der Waals surface area contributed by atoms with E-state index < -0.39 is 0 Å². The lowest BCUT2D eigenvalue weighted by atomic mass is 9.97. The molecule has 0 spiro atoms. The Bertz CT molecular complexity index is 2640. The van der Waals surface area contributed by atoms with Gasteiger partial charge < -0.3 is 4.57 Å². The highest BCUT2D eigenvalue weighted by molar-refractivity contribution is 6.15. The number of pyridine rings is 1. The van der Waals surface area contributed by atoms with Crippen molar-refractivity contribution in [2.24, 2.45) is 0 Å².